The molecule has 0 radical (unpaired) electrons. The fourth-order valence-corrected chi connectivity index (χ4v) is 4.99. The van der Waals surface area contributed by atoms with E-state index in [2.05, 4.69) is 63.3 Å². The zero-order valence-corrected chi connectivity index (χ0v) is 19.0. The number of allylic oxidation sites excluding steroid dienone is 4. The maximum Gasteiger partial charge on any atom is 0.0650 e. The van der Waals surface area contributed by atoms with Gasteiger partial charge in [-0.25, -0.2) is 0 Å². The van der Waals surface area contributed by atoms with Crippen LogP contribution in [0.3, 0.4) is 0 Å². The normalized spacial score (nSPS) is 25.9. The van der Waals surface area contributed by atoms with Crippen molar-refractivity contribution in [1.29, 1.82) is 0 Å². The second-order valence-electron chi connectivity index (χ2n) is 7.46. The maximum atomic E-state index is 4.77. The lowest BCUT2D eigenvalue weighted by Gasteiger charge is -2.32. The lowest BCUT2D eigenvalue weighted by molar-refractivity contribution is 0.347. The molecular weight excluding hydrogens is 350 g/mol. The molecule has 0 bridgehead atoms. The standard InChI is InChI=1S/C23H39N3S/c1-7-12-18(8-2)21(10-4)22-15-20(25-27-11-5)16-26(22)17(6)23-19(9-3)13-14-24-23/h12-14,17,19-20,25H,7-11,15-16H2,1-6H3/b18-12+,22-21+. The monoisotopic (exact) mass is 389 g/mol. The third-order valence-electron chi connectivity index (χ3n) is 5.78. The fraction of sp³-hybridized carbons (Fsp3) is 0.696. The van der Waals surface area contributed by atoms with Gasteiger partial charge in [0.1, 0.15) is 0 Å². The third-order valence-corrected chi connectivity index (χ3v) is 6.56. The summed E-state index contributed by atoms with van der Waals surface area (Å²) in [5.74, 6) is 1.61. The van der Waals surface area contributed by atoms with E-state index in [9.17, 15) is 0 Å². The zero-order valence-electron chi connectivity index (χ0n) is 18.2. The number of aliphatic imine (C=N–C) groups is 1. The van der Waals surface area contributed by atoms with Crippen LogP contribution in [0.1, 0.15) is 73.6 Å². The van der Waals surface area contributed by atoms with Gasteiger partial charge in [-0.05, 0) is 43.8 Å². The van der Waals surface area contributed by atoms with Crippen LogP contribution in [-0.4, -0.2) is 35.0 Å². The van der Waals surface area contributed by atoms with Crippen molar-refractivity contribution >= 4 is 17.7 Å². The predicted octanol–water partition coefficient (Wildman–Crippen LogP) is 6.11. The molecule has 3 unspecified atom stereocenters. The van der Waals surface area contributed by atoms with Crippen LogP contribution in [0.2, 0.25) is 0 Å². The van der Waals surface area contributed by atoms with E-state index in [0.717, 1.165) is 44.4 Å². The summed E-state index contributed by atoms with van der Waals surface area (Å²) in [5, 5.41) is 0. The number of hydrogen-bond donors (Lipinski definition) is 1. The Balaban J connectivity index is 2.37. The van der Waals surface area contributed by atoms with Crippen LogP contribution in [0.4, 0.5) is 0 Å². The van der Waals surface area contributed by atoms with Crippen molar-refractivity contribution in [1.82, 2.24) is 9.62 Å². The summed E-state index contributed by atoms with van der Waals surface area (Å²) in [4.78, 5) is 7.43. The number of nitrogens with zero attached hydrogens (tertiary/aromatic N) is 2. The largest absolute Gasteiger partial charge is 0.365 e. The highest BCUT2D eigenvalue weighted by Gasteiger charge is 2.35. The minimum absolute atomic E-state index is 0.361. The van der Waals surface area contributed by atoms with Gasteiger partial charge < -0.3 is 4.90 Å². The van der Waals surface area contributed by atoms with Crippen LogP contribution >= 0.6 is 11.9 Å². The van der Waals surface area contributed by atoms with E-state index in [1.54, 1.807) is 11.3 Å². The second-order valence-corrected chi connectivity index (χ2v) is 8.56. The topological polar surface area (TPSA) is 27.6 Å². The van der Waals surface area contributed by atoms with Crippen LogP contribution < -0.4 is 4.72 Å². The molecule has 27 heavy (non-hydrogen) atoms. The fourth-order valence-electron chi connectivity index (χ4n) is 4.43. The highest BCUT2D eigenvalue weighted by atomic mass is 32.2. The maximum absolute atomic E-state index is 4.77. The van der Waals surface area contributed by atoms with Gasteiger partial charge in [-0.1, -0.05) is 58.7 Å². The van der Waals surface area contributed by atoms with Gasteiger partial charge in [0.15, 0.2) is 0 Å². The Bertz CT molecular complexity index is 603. The molecule has 3 atom stereocenters. The van der Waals surface area contributed by atoms with E-state index in [4.69, 9.17) is 4.99 Å². The molecule has 0 amide bonds. The Morgan fingerprint density at radius 2 is 2.07 bits per heavy atom. The van der Waals surface area contributed by atoms with Crippen LogP contribution in [-0.2, 0) is 0 Å². The first-order valence-corrected chi connectivity index (χ1v) is 11.9. The van der Waals surface area contributed by atoms with E-state index in [0.29, 0.717) is 18.0 Å². The summed E-state index contributed by atoms with van der Waals surface area (Å²) in [6.45, 7) is 14.8. The molecule has 1 fully saturated rings. The molecule has 0 aromatic heterocycles. The van der Waals surface area contributed by atoms with Gasteiger partial charge in [0.05, 0.1) is 6.04 Å². The van der Waals surface area contributed by atoms with Crippen molar-refractivity contribution in [2.45, 2.75) is 85.7 Å². The highest BCUT2D eigenvalue weighted by Crippen LogP contribution is 2.35. The van der Waals surface area contributed by atoms with Gasteiger partial charge in [0.2, 0.25) is 0 Å². The molecule has 4 heteroatoms. The zero-order chi connectivity index (χ0) is 19.8. The quantitative estimate of drug-likeness (QED) is 0.457. The van der Waals surface area contributed by atoms with Crippen molar-refractivity contribution in [3.05, 3.63) is 35.2 Å². The Kier molecular flexibility index (Phi) is 9.17. The lowest BCUT2D eigenvalue weighted by Crippen LogP contribution is -2.40. The Labute approximate surface area is 171 Å². The highest BCUT2D eigenvalue weighted by molar-refractivity contribution is 7.97. The van der Waals surface area contributed by atoms with E-state index < -0.39 is 0 Å². The number of likely N-dealkylation sites (tertiary alicyclic amines) is 1. The molecule has 0 aromatic rings. The molecule has 0 spiro atoms. The molecule has 2 rings (SSSR count). The van der Waals surface area contributed by atoms with Gasteiger partial charge >= 0.3 is 0 Å². The average Bonchev–Trinajstić information content (AvgIpc) is 3.32. The number of nitrogens with one attached hydrogen (secondary N) is 1. The minimum Gasteiger partial charge on any atom is -0.365 e. The lowest BCUT2D eigenvalue weighted by atomic mass is 9.93. The van der Waals surface area contributed by atoms with Crippen molar-refractivity contribution < 1.29 is 0 Å². The van der Waals surface area contributed by atoms with E-state index in [1.807, 2.05) is 18.1 Å². The molecule has 0 aliphatic carbocycles. The van der Waals surface area contributed by atoms with Gasteiger partial charge in [0, 0.05) is 48.3 Å². The first kappa shape index (κ1) is 22.3. The summed E-state index contributed by atoms with van der Waals surface area (Å²) in [6, 6.07) is 0.878. The summed E-state index contributed by atoms with van der Waals surface area (Å²) in [5.41, 5.74) is 5.99. The van der Waals surface area contributed by atoms with Gasteiger partial charge in [-0.3, -0.25) is 9.71 Å². The van der Waals surface area contributed by atoms with Crippen LogP contribution in [0.25, 0.3) is 0 Å². The molecule has 152 valence electrons. The van der Waals surface area contributed by atoms with Crippen molar-refractivity contribution in [3.63, 3.8) is 0 Å². The number of rotatable bonds is 10. The molecule has 1 saturated heterocycles. The summed E-state index contributed by atoms with van der Waals surface area (Å²) in [7, 11) is 0. The SMILES string of the molecule is CC/C=C(CC)/C(CC)=C1\CC(NSCC)CN1C(C)C1=NC=CC1CC. The molecule has 3 nitrogen and oxygen atoms in total. The summed E-state index contributed by atoms with van der Waals surface area (Å²) >= 11 is 1.85. The third kappa shape index (κ3) is 5.29. The van der Waals surface area contributed by atoms with Gasteiger partial charge in [-0.15, -0.1) is 0 Å². The predicted molar refractivity (Wildman–Crippen MR) is 122 cm³/mol. The first-order valence-electron chi connectivity index (χ1n) is 10.9. The molecule has 1 N–H and O–H groups in total. The van der Waals surface area contributed by atoms with Gasteiger partial charge in [0.25, 0.3) is 0 Å². The Morgan fingerprint density at radius 3 is 2.67 bits per heavy atom. The minimum atomic E-state index is 0.361. The molecule has 2 aliphatic rings. The Morgan fingerprint density at radius 1 is 1.30 bits per heavy atom. The summed E-state index contributed by atoms with van der Waals surface area (Å²) in [6.07, 6.45) is 12.3. The van der Waals surface area contributed by atoms with Crippen molar-refractivity contribution in [2.24, 2.45) is 10.9 Å². The first-order chi connectivity index (χ1) is 13.1. The average molecular weight is 390 g/mol. The summed E-state index contributed by atoms with van der Waals surface area (Å²) < 4.78 is 3.70. The van der Waals surface area contributed by atoms with Crippen LogP contribution in [0, 0.1) is 5.92 Å². The van der Waals surface area contributed by atoms with Crippen LogP contribution in [0.5, 0.6) is 0 Å². The van der Waals surface area contributed by atoms with Crippen molar-refractivity contribution in [2.75, 3.05) is 12.3 Å². The number of hydrogen-bond acceptors (Lipinski definition) is 4. The molecule has 0 aromatic carbocycles. The molecule has 0 saturated carbocycles. The molecule has 2 heterocycles. The molecular formula is C23H39N3S. The van der Waals surface area contributed by atoms with E-state index in [1.165, 1.54) is 11.3 Å². The van der Waals surface area contributed by atoms with E-state index in [-0.39, 0.29) is 0 Å². The van der Waals surface area contributed by atoms with Crippen LogP contribution in [0.15, 0.2) is 40.2 Å². The van der Waals surface area contributed by atoms with Gasteiger partial charge in [-0.2, -0.15) is 0 Å². The van der Waals surface area contributed by atoms with Crippen molar-refractivity contribution in [3.8, 4) is 0 Å². The Hall–Kier alpha value is -1.00. The smallest absolute Gasteiger partial charge is 0.0650 e. The molecule has 2 aliphatic heterocycles. The second kappa shape index (κ2) is 11.1. The van der Waals surface area contributed by atoms with E-state index >= 15 is 0 Å².